The molecule has 110 valence electrons. The topological polar surface area (TPSA) is 64.2 Å². The second-order valence-electron chi connectivity index (χ2n) is 5.25. The zero-order valence-corrected chi connectivity index (χ0v) is 13.2. The zero-order valence-electron chi connectivity index (χ0n) is 11.6. The van der Waals surface area contributed by atoms with Gasteiger partial charge in [-0.05, 0) is 40.9 Å². The van der Waals surface area contributed by atoms with Crippen molar-refractivity contribution in [3.63, 3.8) is 0 Å². The van der Waals surface area contributed by atoms with Gasteiger partial charge in [-0.15, -0.1) is 0 Å². The summed E-state index contributed by atoms with van der Waals surface area (Å²) in [5.74, 6) is 0.0215. The van der Waals surface area contributed by atoms with Gasteiger partial charge in [-0.1, -0.05) is 12.1 Å². The summed E-state index contributed by atoms with van der Waals surface area (Å²) in [6, 6.07) is 7.59. The van der Waals surface area contributed by atoms with Gasteiger partial charge in [0.1, 0.15) is 0 Å². The monoisotopic (exact) mass is 348 g/mol. The van der Waals surface area contributed by atoms with Crippen molar-refractivity contribution in [2.75, 3.05) is 18.8 Å². The maximum Gasteiger partial charge on any atom is 0.255 e. The third kappa shape index (κ3) is 2.95. The van der Waals surface area contributed by atoms with E-state index in [9.17, 15) is 4.79 Å². The number of anilines is 1. The number of hydrogen-bond donors (Lipinski definition) is 1. The molecular formula is C15H17BrN4O. The van der Waals surface area contributed by atoms with Crippen LogP contribution in [0.3, 0.4) is 0 Å². The molecule has 0 atom stereocenters. The Morgan fingerprint density at radius 2 is 2.00 bits per heavy atom. The quantitative estimate of drug-likeness (QED) is 0.848. The average molecular weight is 349 g/mol. The second-order valence-corrected chi connectivity index (χ2v) is 6.16. The highest BCUT2D eigenvalue weighted by Gasteiger charge is 2.25. The van der Waals surface area contributed by atoms with Crippen LogP contribution in [-0.2, 0) is 0 Å². The molecule has 0 radical (unpaired) electrons. The molecule has 5 nitrogen and oxygen atoms in total. The van der Waals surface area contributed by atoms with E-state index in [-0.39, 0.29) is 5.91 Å². The highest BCUT2D eigenvalue weighted by molar-refractivity contribution is 9.10. The van der Waals surface area contributed by atoms with E-state index in [1.807, 2.05) is 27.9 Å². The Morgan fingerprint density at radius 1 is 1.29 bits per heavy atom. The summed E-state index contributed by atoms with van der Waals surface area (Å²) >= 11 is 3.41. The van der Waals surface area contributed by atoms with Crippen molar-refractivity contribution in [2.45, 2.75) is 18.9 Å². The van der Waals surface area contributed by atoms with Crippen LogP contribution in [0.15, 0.2) is 41.1 Å². The fourth-order valence-electron chi connectivity index (χ4n) is 2.71. The highest BCUT2D eigenvalue weighted by Crippen LogP contribution is 2.25. The molecule has 6 heteroatoms. The standard InChI is InChI=1S/C15H17BrN4O/c16-11-9-18-20(10-11)12-5-7-19(8-6-12)15(21)13-3-1-2-4-14(13)17/h1-4,9-10,12H,5-8,17H2. The van der Waals surface area contributed by atoms with Crippen LogP contribution in [0.5, 0.6) is 0 Å². The van der Waals surface area contributed by atoms with E-state index in [0.717, 1.165) is 30.4 Å². The lowest BCUT2D eigenvalue weighted by Gasteiger charge is -2.32. The molecule has 0 bridgehead atoms. The molecule has 0 saturated carbocycles. The summed E-state index contributed by atoms with van der Waals surface area (Å²) < 4.78 is 2.96. The molecule has 0 aliphatic carbocycles. The number of halogens is 1. The average Bonchev–Trinajstić information content (AvgIpc) is 2.94. The van der Waals surface area contributed by atoms with Crippen LogP contribution in [0.1, 0.15) is 29.2 Å². The number of carbonyl (C=O) groups excluding carboxylic acids is 1. The van der Waals surface area contributed by atoms with Crippen molar-refractivity contribution in [1.82, 2.24) is 14.7 Å². The van der Waals surface area contributed by atoms with E-state index in [2.05, 4.69) is 21.0 Å². The molecule has 0 spiro atoms. The van der Waals surface area contributed by atoms with Crippen molar-refractivity contribution in [3.05, 3.63) is 46.7 Å². The Labute approximate surface area is 131 Å². The summed E-state index contributed by atoms with van der Waals surface area (Å²) in [4.78, 5) is 14.4. The minimum Gasteiger partial charge on any atom is -0.398 e. The molecule has 2 heterocycles. The van der Waals surface area contributed by atoms with Gasteiger partial charge >= 0.3 is 0 Å². The van der Waals surface area contributed by atoms with Gasteiger partial charge in [0.2, 0.25) is 0 Å². The smallest absolute Gasteiger partial charge is 0.255 e. The first-order valence-electron chi connectivity index (χ1n) is 6.98. The zero-order chi connectivity index (χ0) is 14.8. The van der Waals surface area contributed by atoms with E-state index in [0.29, 0.717) is 17.3 Å². The second kappa shape index (κ2) is 5.89. The normalized spacial score (nSPS) is 16.1. The summed E-state index contributed by atoms with van der Waals surface area (Å²) in [7, 11) is 0. The Hall–Kier alpha value is -1.82. The lowest BCUT2D eigenvalue weighted by atomic mass is 10.0. The number of para-hydroxylation sites is 1. The van der Waals surface area contributed by atoms with Crippen LogP contribution in [0.2, 0.25) is 0 Å². The Bertz CT molecular complexity index is 647. The van der Waals surface area contributed by atoms with Gasteiger partial charge in [-0.2, -0.15) is 5.10 Å². The summed E-state index contributed by atoms with van der Waals surface area (Å²) in [5, 5.41) is 4.33. The van der Waals surface area contributed by atoms with Crippen molar-refractivity contribution in [3.8, 4) is 0 Å². The van der Waals surface area contributed by atoms with Crippen LogP contribution >= 0.6 is 15.9 Å². The van der Waals surface area contributed by atoms with E-state index >= 15 is 0 Å². The molecule has 1 aliphatic heterocycles. The first-order valence-corrected chi connectivity index (χ1v) is 7.78. The van der Waals surface area contributed by atoms with Gasteiger partial charge in [-0.3, -0.25) is 9.48 Å². The van der Waals surface area contributed by atoms with E-state index in [1.54, 1.807) is 18.3 Å². The predicted molar refractivity (Wildman–Crippen MR) is 85.0 cm³/mol. The van der Waals surface area contributed by atoms with Crippen molar-refractivity contribution < 1.29 is 4.79 Å². The molecule has 21 heavy (non-hydrogen) atoms. The number of aromatic nitrogens is 2. The van der Waals surface area contributed by atoms with Crippen LogP contribution in [0.25, 0.3) is 0 Å². The van der Waals surface area contributed by atoms with Gasteiger partial charge in [0.05, 0.1) is 22.3 Å². The van der Waals surface area contributed by atoms with Crippen LogP contribution in [-0.4, -0.2) is 33.7 Å². The van der Waals surface area contributed by atoms with Crippen LogP contribution < -0.4 is 5.73 Å². The van der Waals surface area contributed by atoms with E-state index < -0.39 is 0 Å². The van der Waals surface area contributed by atoms with Gasteiger partial charge in [0, 0.05) is 25.0 Å². The van der Waals surface area contributed by atoms with Crippen molar-refractivity contribution in [2.24, 2.45) is 0 Å². The number of likely N-dealkylation sites (tertiary alicyclic amines) is 1. The molecule has 1 amide bonds. The van der Waals surface area contributed by atoms with Crippen molar-refractivity contribution >= 4 is 27.5 Å². The Morgan fingerprint density at radius 3 is 2.62 bits per heavy atom. The Balaban J connectivity index is 1.66. The molecule has 1 fully saturated rings. The van der Waals surface area contributed by atoms with Gasteiger partial charge in [-0.25, -0.2) is 0 Å². The molecule has 2 aromatic rings. The molecule has 2 N–H and O–H groups in total. The first-order chi connectivity index (χ1) is 10.1. The number of piperidine rings is 1. The minimum atomic E-state index is 0.0215. The summed E-state index contributed by atoms with van der Waals surface area (Å²) in [6.45, 7) is 1.46. The third-order valence-electron chi connectivity index (χ3n) is 3.89. The number of nitrogens with zero attached hydrogens (tertiary/aromatic N) is 3. The predicted octanol–water partition coefficient (Wildman–Crippen LogP) is 2.71. The number of hydrogen-bond acceptors (Lipinski definition) is 3. The number of amides is 1. The number of carbonyl (C=O) groups is 1. The van der Waals surface area contributed by atoms with Gasteiger partial charge in [0.15, 0.2) is 0 Å². The Kier molecular flexibility index (Phi) is 3.96. The lowest BCUT2D eigenvalue weighted by molar-refractivity contribution is 0.0691. The number of nitrogens with two attached hydrogens (primary N) is 1. The minimum absolute atomic E-state index is 0.0215. The molecule has 3 rings (SSSR count). The first kappa shape index (κ1) is 14.1. The molecular weight excluding hydrogens is 332 g/mol. The highest BCUT2D eigenvalue weighted by atomic mass is 79.9. The lowest BCUT2D eigenvalue weighted by Crippen LogP contribution is -2.39. The summed E-state index contributed by atoms with van der Waals surface area (Å²) in [5.41, 5.74) is 7.02. The number of rotatable bonds is 2. The van der Waals surface area contributed by atoms with Crippen LogP contribution in [0.4, 0.5) is 5.69 Å². The van der Waals surface area contributed by atoms with E-state index in [4.69, 9.17) is 5.73 Å². The fourth-order valence-corrected chi connectivity index (χ4v) is 3.01. The number of benzene rings is 1. The molecule has 1 saturated heterocycles. The maximum absolute atomic E-state index is 12.5. The summed E-state index contributed by atoms with van der Waals surface area (Å²) in [6.07, 6.45) is 5.60. The van der Waals surface area contributed by atoms with Gasteiger partial charge < -0.3 is 10.6 Å². The molecule has 1 aromatic heterocycles. The molecule has 1 aromatic carbocycles. The van der Waals surface area contributed by atoms with Crippen molar-refractivity contribution in [1.29, 1.82) is 0 Å². The van der Waals surface area contributed by atoms with E-state index in [1.165, 1.54) is 0 Å². The maximum atomic E-state index is 12.5. The third-order valence-corrected chi connectivity index (χ3v) is 4.30. The molecule has 0 unspecified atom stereocenters. The van der Waals surface area contributed by atoms with Crippen LogP contribution in [0, 0.1) is 0 Å². The largest absolute Gasteiger partial charge is 0.398 e. The fraction of sp³-hybridized carbons (Fsp3) is 0.333. The molecule has 1 aliphatic rings. The van der Waals surface area contributed by atoms with Gasteiger partial charge in [0.25, 0.3) is 5.91 Å². The SMILES string of the molecule is Nc1ccccc1C(=O)N1CCC(n2cc(Br)cn2)CC1. The number of nitrogen functional groups attached to an aromatic ring is 1.